The molecule has 35 heavy (non-hydrogen) atoms. The molecule has 4 amide bonds. The van der Waals surface area contributed by atoms with E-state index in [1.807, 2.05) is 31.2 Å². The lowest BCUT2D eigenvalue weighted by Crippen LogP contribution is -2.44. The minimum Gasteiger partial charge on any atom is -0.354 e. The number of nitrogens with zero attached hydrogens (tertiary/aromatic N) is 2. The smallest absolute Gasteiger partial charge is 0.293 e. The second-order valence-electron chi connectivity index (χ2n) is 8.61. The molecule has 9 heteroatoms. The van der Waals surface area contributed by atoms with E-state index < -0.39 is 5.82 Å². The first-order valence-corrected chi connectivity index (χ1v) is 12.3. The molecule has 7 nitrogen and oxygen atoms in total. The second kappa shape index (κ2) is 10.9. The van der Waals surface area contributed by atoms with Gasteiger partial charge in [-0.25, -0.2) is 4.39 Å². The Morgan fingerprint density at radius 3 is 2.37 bits per heavy atom. The average Bonchev–Trinajstić information content (AvgIpc) is 3.12. The first kappa shape index (κ1) is 24.7. The van der Waals surface area contributed by atoms with E-state index in [-0.39, 0.29) is 42.0 Å². The van der Waals surface area contributed by atoms with Crippen LogP contribution in [0.25, 0.3) is 6.08 Å². The summed E-state index contributed by atoms with van der Waals surface area (Å²) in [5, 5.41) is 2.46. The van der Waals surface area contributed by atoms with Crippen molar-refractivity contribution in [1.82, 2.24) is 15.1 Å². The summed E-state index contributed by atoms with van der Waals surface area (Å²) in [5.41, 5.74) is 2.37. The second-order valence-corrected chi connectivity index (χ2v) is 9.60. The van der Waals surface area contributed by atoms with Crippen LogP contribution in [0.5, 0.6) is 0 Å². The Labute approximate surface area is 207 Å². The minimum absolute atomic E-state index is 0.101. The topological polar surface area (TPSA) is 86.8 Å². The summed E-state index contributed by atoms with van der Waals surface area (Å²) >= 11 is 0.897. The van der Waals surface area contributed by atoms with Crippen LogP contribution >= 0.6 is 11.8 Å². The quantitative estimate of drug-likeness (QED) is 0.616. The van der Waals surface area contributed by atoms with E-state index in [9.17, 15) is 23.6 Å². The first-order valence-electron chi connectivity index (χ1n) is 11.5. The zero-order valence-corrected chi connectivity index (χ0v) is 20.1. The average molecular weight is 496 g/mol. The predicted octanol–water partition coefficient (Wildman–Crippen LogP) is 3.84. The van der Waals surface area contributed by atoms with E-state index in [0.717, 1.165) is 27.8 Å². The number of benzene rings is 2. The molecule has 4 rings (SSSR count). The van der Waals surface area contributed by atoms with Gasteiger partial charge in [0.1, 0.15) is 5.82 Å². The van der Waals surface area contributed by atoms with Crippen LogP contribution in [-0.4, -0.2) is 58.9 Å². The highest BCUT2D eigenvalue weighted by molar-refractivity contribution is 8.18. The molecule has 2 aliphatic rings. The first-order chi connectivity index (χ1) is 16.8. The molecule has 0 aliphatic carbocycles. The largest absolute Gasteiger partial charge is 0.354 e. The number of hydrogen-bond acceptors (Lipinski definition) is 5. The van der Waals surface area contributed by atoms with Gasteiger partial charge in [-0.05, 0) is 67.4 Å². The molecule has 2 fully saturated rings. The van der Waals surface area contributed by atoms with Gasteiger partial charge in [0.2, 0.25) is 5.91 Å². The fraction of sp³-hybridized carbons (Fsp3) is 0.308. The molecular weight excluding hydrogens is 469 g/mol. The van der Waals surface area contributed by atoms with Crippen molar-refractivity contribution in [2.45, 2.75) is 19.8 Å². The lowest BCUT2D eigenvalue weighted by atomic mass is 9.95. The van der Waals surface area contributed by atoms with Crippen molar-refractivity contribution in [2.24, 2.45) is 5.92 Å². The van der Waals surface area contributed by atoms with Gasteiger partial charge in [0.15, 0.2) is 0 Å². The summed E-state index contributed by atoms with van der Waals surface area (Å²) in [5.74, 6) is -1.33. The maximum atomic E-state index is 13.1. The van der Waals surface area contributed by atoms with E-state index in [0.29, 0.717) is 36.4 Å². The number of hydrogen-bond donors (Lipinski definition) is 1. The Balaban J connectivity index is 1.23. The molecule has 0 radical (unpaired) electrons. The number of piperidine rings is 1. The van der Waals surface area contributed by atoms with Crippen LogP contribution in [-0.2, 0) is 9.59 Å². The molecule has 0 saturated carbocycles. The Morgan fingerprint density at radius 2 is 1.71 bits per heavy atom. The fourth-order valence-electron chi connectivity index (χ4n) is 4.06. The van der Waals surface area contributed by atoms with Crippen LogP contribution in [0.1, 0.15) is 34.3 Å². The number of aryl methyl sites for hydroxylation is 1. The van der Waals surface area contributed by atoms with E-state index in [4.69, 9.17) is 0 Å². The van der Waals surface area contributed by atoms with E-state index in [2.05, 4.69) is 5.32 Å². The van der Waals surface area contributed by atoms with Crippen molar-refractivity contribution in [2.75, 3.05) is 26.2 Å². The molecule has 0 aromatic heterocycles. The van der Waals surface area contributed by atoms with E-state index >= 15 is 0 Å². The van der Waals surface area contributed by atoms with Gasteiger partial charge >= 0.3 is 0 Å². The predicted molar refractivity (Wildman–Crippen MR) is 132 cm³/mol. The summed E-state index contributed by atoms with van der Waals surface area (Å²) in [6.45, 7) is 3.11. The molecule has 2 heterocycles. The van der Waals surface area contributed by atoms with Gasteiger partial charge < -0.3 is 10.2 Å². The van der Waals surface area contributed by atoms with Gasteiger partial charge in [0.05, 0.1) is 4.91 Å². The zero-order valence-electron chi connectivity index (χ0n) is 19.3. The molecule has 2 saturated heterocycles. The van der Waals surface area contributed by atoms with Crippen LogP contribution in [0, 0.1) is 18.7 Å². The number of nitrogens with one attached hydrogen (secondary N) is 1. The third-order valence-corrected chi connectivity index (χ3v) is 7.03. The number of amides is 4. The van der Waals surface area contributed by atoms with Crippen molar-refractivity contribution in [1.29, 1.82) is 0 Å². The molecule has 0 spiro atoms. The molecule has 2 aromatic rings. The van der Waals surface area contributed by atoms with Crippen molar-refractivity contribution in [3.05, 3.63) is 75.9 Å². The number of halogens is 1. The van der Waals surface area contributed by atoms with Gasteiger partial charge in [-0.1, -0.05) is 29.8 Å². The molecule has 1 N–H and O–H groups in total. The highest BCUT2D eigenvalue weighted by Crippen LogP contribution is 2.32. The summed E-state index contributed by atoms with van der Waals surface area (Å²) in [6, 6.07) is 13.1. The minimum atomic E-state index is -0.397. The number of rotatable bonds is 6. The van der Waals surface area contributed by atoms with Crippen molar-refractivity contribution >= 4 is 40.8 Å². The van der Waals surface area contributed by atoms with Gasteiger partial charge in [-0.3, -0.25) is 24.1 Å². The highest BCUT2D eigenvalue weighted by Gasteiger charge is 2.35. The number of thioether (sulfide) groups is 1. The zero-order chi connectivity index (χ0) is 24.9. The SMILES string of the molecule is Cc1ccc(/C=C2\SC(=O)N(CCNC(=O)C3CCN(C(=O)c4ccc(F)cc4)CC3)C2=O)cc1. The van der Waals surface area contributed by atoms with Crippen molar-refractivity contribution in [3.8, 4) is 0 Å². The normalized spacial score (nSPS) is 17.8. The highest BCUT2D eigenvalue weighted by atomic mass is 32.2. The van der Waals surface area contributed by atoms with Crippen molar-refractivity contribution < 1.29 is 23.6 Å². The number of carbonyl (C=O) groups is 4. The lowest BCUT2D eigenvalue weighted by molar-refractivity contribution is -0.127. The van der Waals surface area contributed by atoms with E-state index in [1.54, 1.807) is 11.0 Å². The van der Waals surface area contributed by atoms with Gasteiger partial charge in [-0.15, -0.1) is 0 Å². The molecule has 0 unspecified atom stereocenters. The number of carbonyl (C=O) groups excluding carboxylic acids is 4. The van der Waals surface area contributed by atoms with Crippen LogP contribution in [0.3, 0.4) is 0 Å². The summed E-state index contributed by atoms with van der Waals surface area (Å²) in [7, 11) is 0. The summed E-state index contributed by atoms with van der Waals surface area (Å²) in [4.78, 5) is 53.3. The van der Waals surface area contributed by atoms with Gasteiger partial charge in [0, 0.05) is 37.7 Å². The molecule has 2 aromatic carbocycles. The van der Waals surface area contributed by atoms with Gasteiger partial charge in [-0.2, -0.15) is 0 Å². The lowest BCUT2D eigenvalue weighted by Gasteiger charge is -2.31. The molecule has 0 atom stereocenters. The Morgan fingerprint density at radius 1 is 1.06 bits per heavy atom. The maximum Gasteiger partial charge on any atom is 0.293 e. The van der Waals surface area contributed by atoms with E-state index in [1.165, 1.54) is 24.3 Å². The summed E-state index contributed by atoms with van der Waals surface area (Å²) in [6.07, 6.45) is 2.73. The Kier molecular flexibility index (Phi) is 7.65. The molecular formula is C26H26FN3O4S. The number of likely N-dealkylation sites (tertiary alicyclic amines) is 1. The number of imide groups is 1. The summed E-state index contributed by atoms with van der Waals surface area (Å²) < 4.78 is 13.1. The van der Waals surface area contributed by atoms with Crippen LogP contribution < -0.4 is 5.32 Å². The van der Waals surface area contributed by atoms with Gasteiger partial charge in [0.25, 0.3) is 17.1 Å². The Hall–Kier alpha value is -3.46. The monoisotopic (exact) mass is 495 g/mol. The fourth-order valence-corrected chi connectivity index (χ4v) is 4.93. The molecule has 182 valence electrons. The maximum absolute atomic E-state index is 13.1. The van der Waals surface area contributed by atoms with Crippen molar-refractivity contribution in [3.63, 3.8) is 0 Å². The third-order valence-electron chi connectivity index (χ3n) is 6.13. The standard InChI is InChI=1S/C26H26FN3O4S/c1-17-2-4-18(5-3-17)16-22-25(33)30(26(34)35-22)15-12-28-23(31)19-10-13-29(14-11-19)24(32)20-6-8-21(27)9-7-20/h2-9,16,19H,10-15H2,1H3,(H,28,31)/b22-16-. The van der Waals surface area contributed by atoms with Crippen LogP contribution in [0.2, 0.25) is 0 Å². The molecule has 0 bridgehead atoms. The Bertz CT molecular complexity index is 1160. The molecule has 2 aliphatic heterocycles. The van der Waals surface area contributed by atoms with Crippen LogP contribution in [0.4, 0.5) is 9.18 Å². The van der Waals surface area contributed by atoms with Crippen LogP contribution in [0.15, 0.2) is 53.4 Å². The third kappa shape index (κ3) is 5.97.